The van der Waals surface area contributed by atoms with Crippen molar-refractivity contribution in [2.75, 3.05) is 0 Å². The number of carboxylic acid groups (broad SMARTS) is 1. The number of aliphatic carboxylic acids is 1. The van der Waals surface area contributed by atoms with Crippen LogP contribution in [0.3, 0.4) is 0 Å². The van der Waals surface area contributed by atoms with Gasteiger partial charge < -0.3 is 15.3 Å². The summed E-state index contributed by atoms with van der Waals surface area (Å²) < 4.78 is 0. The Hall–Kier alpha value is -3.93. The van der Waals surface area contributed by atoms with Gasteiger partial charge in [-0.15, -0.1) is 0 Å². The minimum atomic E-state index is -0.772. The number of hydrogen-bond donors (Lipinski definition) is 3. The maximum Gasteiger partial charge on any atom is 0.310 e. The van der Waals surface area contributed by atoms with Gasteiger partial charge in [-0.3, -0.25) is 14.4 Å². The van der Waals surface area contributed by atoms with Gasteiger partial charge in [0.1, 0.15) is 11.5 Å². The van der Waals surface area contributed by atoms with Crippen LogP contribution in [-0.2, 0) is 11.2 Å². The first-order chi connectivity index (χ1) is 16.0. The molecule has 1 aliphatic carbocycles. The number of carbonyl (C=O) groups is 3. The van der Waals surface area contributed by atoms with Crippen molar-refractivity contribution in [1.82, 2.24) is 0 Å². The summed E-state index contributed by atoms with van der Waals surface area (Å²) in [6, 6.07) is 15.2. The van der Waals surface area contributed by atoms with Gasteiger partial charge in [0.25, 0.3) is 0 Å². The topological polar surface area (TPSA) is 112 Å². The third-order valence-corrected chi connectivity index (χ3v) is 5.74. The predicted octanol–water partition coefficient (Wildman–Crippen LogP) is 5.25. The van der Waals surface area contributed by atoms with Gasteiger partial charge in [0.05, 0.1) is 17.0 Å². The molecule has 1 atom stereocenters. The van der Waals surface area contributed by atoms with E-state index in [1.54, 1.807) is 19.9 Å². The van der Waals surface area contributed by atoms with E-state index >= 15 is 0 Å². The fourth-order valence-corrected chi connectivity index (χ4v) is 3.98. The van der Waals surface area contributed by atoms with Crippen LogP contribution in [0.2, 0.25) is 0 Å². The molecule has 1 unspecified atom stereocenters. The zero-order valence-corrected chi connectivity index (χ0v) is 19.6. The van der Waals surface area contributed by atoms with E-state index in [2.05, 4.69) is 13.8 Å². The zero-order valence-electron chi connectivity index (χ0n) is 19.6. The largest absolute Gasteiger partial charge is 0.507 e. The Kier molecular flexibility index (Phi) is 7.20. The number of hydrogen-bond acceptors (Lipinski definition) is 5. The maximum absolute atomic E-state index is 12.3. The van der Waals surface area contributed by atoms with Crippen molar-refractivity contribution < 1.29 is 29.7 Å². The van der Waals surface area contributed by atoms with Crippen LogP contribution >= 0.6 is 0 Å². The summed E-state index contributed by atoms with van der Waals surface area (Å²) >= 11 is 0. The van der Waals surface area contributed by atoms with Crippen molar-refractivity contribution in [3.8, 4) is 11.5 Å². The number of benzene rings is 3. The molecule has 0 amide bonds. The van der Waals surface area contributed by atoms with Gasteiger partial charge in [-0.05, 0) is 61.1 Å². The van der Waals surface area contributed by atoms with Gasteiger partial charge in [-0.25, -0.2) is 0 Å². The molecule has 34 heavy (non-hydrogen) atoms. The normalized spacial score (nSPS) is 13.0. The number of carbonyl (C=O) groups excluding carboxylic acids is 2. The van der Waals surface area contributed by atoms with E-state index < -0.39 is 17.7 Å². The third-order valence-electron chi connectivity index (χ3n) is 5.74. The molecule has 1 aliphatic rings. The van der Waals surface area contributed by atoms with Crippen LogP contribution in [0.4, 0.5) is 0 Å². The van der Waals surface area contributed by atoms with Crippen molar-refractivity contribution in [2.24, 2.45) is 5.92 Å². The van der Waals surface area contributed by atoms with Crippen LogP contribution in [0.15, 0.2) is 54.6 Å². The standard InChI is InChI=1S/C15H10O4.C13H18O2/c1-7-5-9-13(11(17)6-7)15(19)12-8(14(9)18)3-2-4-10(12)16;1-9(2)8-11-4-6-12(7-5-11)10(3)13(14)15/h2-6,16-17H,1H3;4-7,9-10H,8H2,1-3H3,(H,14,15). The monoisotopic (exact) mass is 460 g/mol. The SMILES string of the molecule is CC(C)Cc1ccc(C(C)C(=O)O)cc1.Cc1cc(O)c2c(c1)C(=O)c1cccc(O)c1C2=O. The van der Waals surface area contributed by atoms with Crippen molar-refractivity contribution in [3.63, 3.8) is 0 Å². The van der Waals surface area contributed by atoms with Crippen LogP contribution < -0.4 is 0 Å². The number of fused-ring (bicyclic) bond motifs is 2. The Balaban J connectivity index is 0.000000197. The lowest BCUT2D eigenvalue weighted by molar-refractivity contribution is -0.138. The molecule has 6 nitrogen and oxygen atoms in total. The number of ketones is 2. The molecule has 0 radical (unpaired) electrons. The molecule has 6 heteroatoms. The molecule has 0 fully saturated rings. The Morgan fingerprint density at radius 2 is 1.44 bits per heavy atom. The van der Waals surface area contributed by atoms with E-state index in [-0.39, 0.29) is 39.5 Å². The molecule has 4 rings (SSSR count). The lowest BCUT2D eigenvalue weighted by Gasteiger charge is -2.19. The number of carboxylic acids is 1. The van der Waals surface area contributed by atoms with Crippen molar-refractivity contribution in [2.45, 2.75) is 40.0 Å². The quantitative estimate of drug-likeness (QED) is 0.383. The highest BCUT2D eigenvalue weighted by molar-refractivity contribution is 6.30. The van der Waals surface area contributed by atoms with E-state index in [0.717, 1.165) is 12.0 Å². The second-order valence-electron chi connectivity index (χ2n) is 8.96. The van der Waals surface area contributed by atoms with Gasteiger partial charge in [0, 0.05) is 11.1 Å². The Labute approximate surface area is 198 Å². The van der Waals surface area contributed by atoms with Gasteiger partial charge >= 0.3 is 5.97 Å². The Bertz CT molecular complexity index is 1250. The second kappa shape index (κ2) is 9.91. The van der Waals surface area contributed by atoms with Gasteiger partial charge in [-0.2, -0.15) is 0 Å². The summed E-state index contributed by atoms with van der Waals surface area (Å²) in [6.07, 6.45) is 1.04. The van der Waals surface area contributed by atoms with Crippen molar-refractivity contribution >= 4 is 17.5 Å². The number of aryl methyl sites for hydroxylation is 1. The fourth-order valence-electron chi connectivity index (χ4n) is 3.98. The lowest BCUT2D eigenvalue weighted by atomic mass is 9.82. The molecule has 0 aliphatic heterocycles. The first-order valence-corrected chi connectivity index (χ1v) is 11.1. The van der Waals surface area contributed by atoms with Crippen LogP contribution in [0.25, 0.3) is 0 Å². The molecule has 0 aromatic heterocycles. The van der Waals surface area contributed by atoms with Gasteiger partial charge in [-0.1, -0.05) is 50.2 Å². The number of phenols is 2. The lowest BCUT2D eigenvalue weighted by Crippen LogP contribution is -2.21. The maximum atomic E-state index is 12.3. The Morgan fingerprint density at radius 1 is 0.824 bits per heavy atom. The minimum Gasteiger partial charge on any atom is -0.507 e. The van der Waals surface area contributed by atoms with Crippen LogP contribution in [0.1, 0.15) is 75.2 Å². The molecule has 3 aromatic carbocycles. The molecule has 176 valence electrons. The van der Waals surface area contributed by atoms with E-state index in [1.165, 1.54) is 29.8 Å². The second-order valence-corrected chi connectivity index (χ2v) is 8.96. The third kappa shape index (κ3) is 5.01. The molecule has 0 saturated heterocycles. The minimum absolute atomic E-state index is 0.0374. The molecule has 3 aromatic rings. The molecule has 0 heterocycles. The number of phenolic OH excluding ortho intramolecular Hbond substituents is 2. The molecule has 3 N–H and O–H groups in total. The Morgan fingerprint density at radius 3 is 2.03 bits per heavy atom. The van der Waals surface area contributed by atoms with Crippen LogP contribution in [0, 0.1) is 12.8 Å². The highest BCUT2D eigenvalue weighted by atomic mass is 16.4. The predicted molar refractivity (Wildman–Crippen MR) is 129 cm³/mol. The molecular formula is C28H28O6. The molecule has 0 spiro atoms. The average Bonchev–Trinajstić information content (AvgIpc) is 2.77. The van der Waals surface area contributed by atoms with Gasteiger partial charge in [0.2, 0.25) is 5.78 Å². The first-order valence-electron chi connectivity index (χ1n) is 11.1. The van der Waals surface area contributed by atoms with Crippen molar-refractivity contribution in [1.29, 1.82) is 0 Å². The van der Waals surface area contributed by atoms with E-state index in [1.807, 2.05) is 24.3 Å². The fraction of sp³-hybridized carbons (Fsp3) is 0.250. The highest BCUT2D eigenvalue weighted by Gasteiger charge is 2.34. The summed E-state index contributed by atoms with van der Waals surface area (Å²) in [5, 5.41) is 28.5. The number of rotatable bonds is 4. The highest BCUT2D eigenvalue weighted by Crippen LogP contribution is 2.36. The smallest absolute Gasteiger partial charge is 0.310 e. The van der Waals surface area contributed by atoms with Crippen LogP contribution in [0.5, 0.6) is 11.5 Å². The summed E-state index contributed by atoms with van der Waals surface area (Å²) in [7, 11) is 0. The van der Waals surface area contributed by atoms with Crippen LogP contribution in [-0.4, -0.2) is 32.9 Å². The van der Waals surface area contributed by atoms with E-state index in [9.17, 15) is 24.6 Å². The summed E-state index contributed by atoms with van der Waals surface area (Å²) in [6.45, 7) is 7.79. The van der Waals surface area contributed by atoms with Gasteiger partial charge in [0.15, 0.2) is 5.78 Å². The summed E-state index contributed by atoms with van der Waals surface area (Å²) in [5.74, 6) is -1.93. The van der Waals surface area contributed by atoms with E-state index in [4.69, 9.17) is 5.11 Å². The molecular weight excluding hydrogens is 432 g/mol. The summed E-state index contributed by atoms with van der Waals surface area (Å²) in [5.41, 5.74) is 3.11. The average molecular weight is 461 g/mol. The molecule has 0 bridgehead atoms. The molecule has 0 saturated carbocycles. The first kappa shape index (κ1) is 24.7. The zero-order chi connectivity index (χ0) is 25.2. The van der Waals surface area contributed by atoms with E-state index in [0.29, 0.717) is 11.5 Å². The number of aromatic hydroxyl groups is 2. The summed E-state index contributed by atoms with van der Waals surface area (Å²) in [4.78, 5) is 35.4. The van der Waals surface area contributed by atoms with Crippen molar-refractivity contribution in [3.05, 3.63) is 93.5 Å².